The Hall–Kier alpha value is 0.400. The summed E-state index contributed by atoms with van der Waals surface area (Å²) in [7, 11) is -13.9. The molecular weight excluding hydrogens is 365 g/mol. The van der Waals surface area contributed by atoms with Crippen LogP contribution in [0, 0.1) is 0 Å². The van der Waals surface area contributed by atoms with Crippen LogP contribution in [0.3, 0.4) is 0 Å². The predicted octanol–water partition coefficient (Wildman–Crippen LogP) is -3.45. The molecule has 1 atom stereocenters. The molecular formula is H10O15P3S-. The zero-order valence-corrected chi connectivity index (χ0v) is 11.8. The Morgan fingerprint density at radius 2 is 0.632 bits per heavy atom. The number of hydrogen-bond acceptors (Lipinski definition) is 5. The monoisotopic (exact) mass is 375 g/mol. The molecule has 0 saturated carbocycles. The van der Waals surface area contributed by atoms with Crippen LogP contribution in [0.4, 0.5) is 0 Å². The summed E-state index contributed by atoms with van der Waals surface area (Å²) in [5, 5.41) is 0. The molecule has 0 heterocycles. The van der Waals surface area contributed by atoms with Crippen molar-refractivity contribution in [3.63, 3.8) is 0 Å². The minimum Gasteiger partial charge on any atom is -0.750 e. The molecule has 19 heteroatoms. The molecule has 122 valence electrons. The second-order valence-corrected chi connectivity index (χ2v) is 5.27. The van der Waals surface area contributed by atoms with E-state index in [9.17, 15) is 0 Å². The van der Waals surface area contributed by atoms with Crippen LogP contribution in [-0.2, 0) is 25.1 Å². The Kier molecular flexibility index (Phi) is 17.7. The largest absolute Gasteiger partial charge is 0.750 e. The average Bonchev–Trinajstić information content (AvgIpc) is 1.66. The van der Waals surface area contributed by atoms with Crippen molar-refractivity contribution in [1.82, 2.24) is 0 Å². The summed E-state index contributed by atoms with van der Waals surface area (Å²) in [4.78, 5) is 64.7. The van der Waals surface area contributed by atoms with E-state index in [0.717, 1.165) is 0 Å². The molecule has 0 spiro atoms. The predicted molar refractivity (Wildman–Crippen MR) is 54.3 cm³/mol. The Labute approximate surface area is 107 Å². The average molecular weight is 375 g/mol. The van der Waals surface area contributed by atoms with Gasteiger partial charge in [-0.25, -0.2) is 17.9 Å². The molecule has 0 saturated heterocycles. The lowest BCUT2D eigenvalue weighted by Gasteiger charge is -1.83. The van der Waals surface area contributed by atoms with Gasteiger partial charge in [-0.05, 0) is 0 Å². The quantitative estimate of drug-likeness (QED) is 0.145. The number of rotatable bonds is 0. The topological polar surface area (TPSA) is 294 Å². The maximum Gasteiger partial charge on any atom is 0.466 e. The summed E-state index contributed by atoms with van der Waals surface area (Å²) in [6, 6.07) is 0. The van der Waals surface area contributed by atoms with Crippen LogP contribution >= 0.6 is 23.5 Å². The second kappa shape index (κ2) is 12.2. The van der Waals surface area contributed by atoms with Crippen LogP contribution in [0.2, 0.25) is 0 Å². The van der Waals surface area contributed by atoms with Crippen LogP contribution in [0.1, 0.15) is 0 Å². The van der Waals surface area contributed by atoms with E-state index in [4.69, 9.17) is 71.1 Å². The fraction of sp³-hybridized carbons (Fsp3) is 0. The summed E-state index contributed by atoms with van der Waals surface area (Å²) in [5.74, 6) is 0. The third-order valence-corrected chi connectivity index (χ3v) is 0. The normalized spacial score (nSPS) is 12.6. The Morgan fingerprint density at radius 1 is 0.632 bits per heavy atom. The van der Waals surface area contributed by atoms with Gasteiger partial charge in [-0.15, -0.1) is 0 Å². The fourth-order valence-corrected chi connectivity index (χ4v) is 0. The molecule has 0 fully saturated rings. The highest BCUT2D eigenvalue weighted by Gasteiger charge is 2.01. The van der Waals surface area contributed by atoms with Crippen LogP contribution in [0.5, 0.6) is 0 Å². The zero-order valence-electron chi connectivity index (χ0n) is 8.26. The molecule has 0 aromatic heterocycles. The SMILES string of the molecule is O=P(O)(O)O.O=P(O)(O)O.O=P(O)(O)O.O=S([O-])O. The van der Waals surface area contributed by atoms with E-state index < -0.39 is 34.8 Å². The van der Waals surface area contributed by atoms with Crippen molar-refractivity contribution in [3.8, 4) is 0 Å². The van der Waals surface area contributed by atoms with Gasteiger partial charge in [-0.3, -0.25) is 0 Å². The molecule has 19 heavy (non-hydrogen) atoms. The first-order valence-electron chi connectivity index (χ1n) is 2.86. The number of phosphoric acid groups is 3. The maximum atomic E-state index is 8.88. The second-order valence-electron chi connectivity index (χ2n) is 1.76. The van der Waals surface area contributed by atoms with Crippen molar-refractivity contribution >= 4 is 34.8 Å². The van der Waals surface area contributed by atoms with Gasteiger partial charge in [0.2, 0.25) is 0 Å². The van der Waals surface area contributed by atoms with E-state index in [1.807, 2.05) is 0 Å². The third kappa shape index (κ3) is 30900. The number of hydrogen-bond donors (Lipinski definition) is 10. The summed E-state index contributed by atoms with van der Waals surface area (Å²) >= 11 is -2.86. The van der Waals surface area contributed by atoms with Crippen LogP contribution in [0.15, 0.2) is 0 Å². The summed E-state index contributed by atoms with van der Waals surface area (Å²) in [5.41, 5.74) is 0. The molecule has 0 aromatic rings. The fourth-order valence-electron chi connectivity index (χ4n) is 0. The van der Waals surface area contributed by atoms with Crippen LogP contribution in [0.25, 0.3) is 0 Å². The van der Waals surface area contributed by atoms with Gasteiger partial charge >= 0.3 is 23.5 Å². The van der Waals surface area contributed by atoms with Crippen molar-refractivity contribution in [2.45, 2.75) is 0 Å². The van der Waals surface area contributed by atoms with E-state index in [1.165, 1.54) is 0 Å². The first kappa shape index (κ1) is 27.7. The molecule has 0 aromatic carbocycles. The van der Waals surface area contributed by atoms with Gasteiger partial charge in [0, 0.05) is 0 Å². The Morgan fingerprint density at radius 3 is 0.632 bits per heavy atom. The molecule has 0 radical (unpaired) electrons. The minimum atomic E-state index is -4.64. The van der Waals surface area contributed by atoms with E-state index in [0.29, 0.717) is 0 Å². The summed E-state index contributed by atoms with van der Waals surface area (Å²) in [6.45, 7) is 0. The molecule has 10 N–H and O–H groups in total. The Bertz CT molecular complexity index is 273. The molecule has 0 aliphatic carbocycles. The lowest BCUT2D eigenvalue weighted by atomic mass is 15.8. The summed E-state index contributed by atoms with van der Waals surface area (Å²) in [6.07, 6.45) is 0. The molecule has 0 bridgehead atoms. The van der Waals surface area contributed by atoms with Gasteiger partial charge in [0.25, 0.3) is 0 Å². The van der Waals surface area contributed by atoms with Crippen molar-refractivity contribution in [1.29, 1.82) is 0 Å². The third-order valence-electron chi connectivity index (χ3n) is 0. The minimum absolute atomic E-state index is 2.86. The van der Waals surface area contributed by atoms with E-state index in [-0.39, 0.29) is 0 Å². The van der Waals surface area contributed by atoms with E-state index >= 15 is 0 Å². The molecule has 0 aliphatic rings. The Balaban J connectivity index is -0.0000000793. The standard InChI is InChI=1S/3H3O4P.H2O3S/c3*1-5(2,3)4;1-4(2)3/h3*(H3,1,2,3,4);(H2,1,2,3)/p-1. The highest BCUT2D eigenvalue weighted by atomic mass is 32.2. The summed E-state index contributed by atoms with van der Waals surface area (Å²) < 4.78 is 50.7. The van der Waals surface area contributed by atoms with Gasteiger partial charge in [0.15, 0.2) is 0 Å². The lowest BCUT2D eigenvalue weighted by Crippen LogP contribution is -1.75. The smallest absolute Gasteiger partial charge is 0.466 e. The van der Waals surface area contributed by atoms with Gasteiger partial charge in [0.05, 0.1) is 11.4 Å². The van der Waals surface area contributed by atoms with Crippen molar-refractivity contribution in [3.05, 3.63) is 0 Å². The molecule has 1 unspecified atom stereocenters. The van der Waals surface area contributed by atoms with Gasteiger partial charge in [-0.1, -0.05) is 0 Å². The molecule has 0 aliphatic heterocycles. The van der Waals surface area contributed by atoms with Crippen LogP contribution < -0.4 is 0 Å². The van der Waals surface area contributed by atoms with E-state index in [1.54, 1.807) is 0 Å². The first-order chi connectivity index (χ1) is 7.73. The highest BCUT2D eigenvalue weighted by molar-refractivity contribution is 7.73. The maximum absolute atomic E-state index is 8.88. The van der Waals surface area contributed by atoms with Crippen molar-refractivity contribution < 1.29 is 71.1 Å². The lowest BCUT2D eigenvalue weighted by molar-refractivity contribution is 0.272. The first-order valence-corrected chi connectivity index (χ1v) is 8.59. The van der Waals surface area contributed by atoms with E-state index in [2.05, 4.69) is 0 Å². The molecule has 0 rings (SSSR count). The van der Waals surface area contributed by atoms with Gasteiger partial charge < -0.3 is 53.1 Å². The van der Waals surface area contributed by atoms with Crippen molar-refractivity contribution in [2.24, 2.45) is 0 Å². The van der Waals surface area contributed by atoms with Crippen LogP contribution in [-0.4, -0.2) is 57.4 Å². The van der Waals surface area contributed by atoms with Gasteiger partial charge in [0.1, 0.15) is 0 Å². The molecule has 15 nitrogen and oxygen atoms in total. The van der Waals surface area contributed by atoms with Crippen molar-refractivity contribution in [2.75, 3.05) is 0 Å². The van der Waals surface area contributed by atoms with Gasteiger partial charge in [-0.2, -0.15) is 0 Å². The molecule has 0 amide bonds. The highest BCUT2D eigenvalue weighted by Crippen LogP contribution is 2.26. The zero-order chi connectivity index (χ0) is 17.1.